The Balaban J connectivity index is 2.45. The summed E-state index contributed by atoms with van der Waals surface area (Å²) in [5.41, 5.74) is 1.70. The zero-order valence-corrected chi connectivity index (χ0v) is 9.98. The summed E-state index contributed by atoms with van der Waals surface area (Å²) in [4.78, 5) is 13.7. The van der Waals surface area contributed by atoms with E-state index in [-0.39, 0.29) is 0 Å². The van der Waals surface area contributed by atoms with Gasteiger partial charge in [0.05, 0.1) is 15.9 Å². The van der Waals surface area contributed by atoms with Crippen LogP contribution < -0.4 is 0 Å². The second kappa shape index (κ2) is 3.18. The van der Waals surface area contributed by atoms with Gasteiger partial charge in [0.25, 0.3) is 0 Å². The fourth-order valence-corrected chi connectivity index (χ4v) is 3.37. The number of aldehydes is 1. The second-order valence-corrected chi connectivity index (χ2v) is 5.32. The molecule has 1 N–H and O–H groups in total. The van der Waals surface area contributed by atoms with Gasteiger partial charge in [-0.15, -0.1) is 11.3 Å². The van der Waals surface area contributed by atoms with Crippen molar-refractivity contribution in [1.29, 1.82) is 0 Å². The normalized spacial score (nSPS) is 11.3. The Bertz CT molecular complexity index is 668. The molecule has 0 unspecified atom stereocenters. The first-order valence-electron chi connectivity index (χ1n) is 4.44. The predicted molar refractivity (Wildman–Crippen MR) is 66.8 cm³/mol. The van der Waals surface area contributed by atoms with E-state index in [1.54, 1.807) is 11.3 Å². The molecule has 0 aliphatic rings. The Morgan fingerprint density at radius 1 is 1.27 bits per heavy atom. The molecule has 0 aliphatic heterocycles. The van der Waals surface area contributed by atoms with Gasteiger partial charge in [-0.25, -0.2) is 0 Å². The molecule has 74 valence electrons. The van der Waals surface area contributed by atoms with Gasteiger partial charge in [-0.2, -0.15) is 0 Å². The number of benzene rings is 1. The SMILES string of the molecule is O=Cc1cc2sc3cc(Br)ccc3c2[nH]1. The molecule has 0 radical (unpaired) electrons. The van der Waals surface area contributed by atoms with E-state index in [2.05, 4.69) is 33.0 Å². The molecule has 0 atom stereocenters. The third-order valence-corrected chi connectivity index (χ3v) is 3.96. The van der Waals surface area contributed by atoms with Crippen molar-refractivity contribution in [2.45, 2.75) is 0 Å². The summed E-state index contributed by atoms with van der Waals surface area (Å²) in [5.74, 6) is 0. The summed E-state index contributed by atoms with van der Waals surface area (Å²) >= 11 is 5.14. The standard InChI is InChI=1S/C11H6BrNOS/c12-6-1-2-8-9(3-6)15-10-4-7(5-14)13-11(8)10/h1-5,13H. The van der Waals surface area contributed by atoms with Gasteiger partial charge in [-0.1, -0.05) is 22.0 Å². The van der Waals surface area contributed by atoms with E-state index in [0.717, 1.165) is 21.0 Å². The Morgan fingerprint density at radius 3 is 2.93 bits per heavy atom. The molecule has 15 heavy (non-hydrogen) atoms. The number of aromatic nitrogens is 1. The molecule has 0 fully saturated rings. The maximum Gasteiger partial charge on any atom is 0.166 e. The van der Waals surface area contributed by atoms with Gasteiger partial charge < -0.3 is 4.98 Å². The number of thiophene rings is 1. The number of carbonyl (C=O) groups is 1. The summed E-state index contributed by atoms with van der Waals surface area (Å²) in [5, 5.41) is 1.17. The number of rotatable bonds is 1. The molecule has 0 amide bonds. The highest BCUT2D eigenvalue weighted by molar-refractivity contribution is 9.10. The van der Waals surface area contributed by atoms with Crippen LogP contribution in [-0.4, -0.2) is 11.3 Å². The molecule has 0 saturated carbocycles. The van der Waals surface area contributed by atoms with Gasteiger partial charge in [-0.3, -0.25) is 4.79 Å². The number of H-pyrrole nitrogens is 1. The Morgan fingerprint density at radius 2 is 2.13 bits per heavy atom. The third-order valence-electron chi connectivity index (χ3n) is 2.36. The van der Waals surface area contributed by atoms with Crippen LogP contribution in [0.1, 0.15) is 10.5 Å². The van der Waals surface area contributed by atoms with E-state index in [4.69, 9.17) is 0 Å². The van der Waals surface area contributed by atoms with Gasteiger partial charge in [0.2, 0.25) is 0 Å². The molecule has 3 aromatic rings. The Kier molecular flexibility index (Phi) is 1.94. The summed E-state index contributed by atoms with van der Waals surface area (Å²) in [6.45, 7) is 0. The van der Waals surface area contributed by atoms with E-state index in [1.807, 2.05) is 12.1 Å². The van der Waals surface area contributed by atoms with Crippen molar-refractivity contribution in [2.24, 2.45) is 0 Å². The monoisotopic (exact) mass is 279 g/mol. The summed E-state index contributed by atoms with van der Waals surface area (Å²) in [6.07, 6.45) is 0.845. The van der Waals surface area contributed by atoms with E-state index in [9.17, 15) is 4.79 Å². The van der Waals surface area contributed by atoms with E-state index < -0.39 is 0 Å². The average molecular weight is 280 g/mol. The molecule has 0 saturated heterocycles. The first-order chi connectivity index (χ1) is 7.28. The van der Waals surface area contributed by atoms with Crippen LogP contribution in [-0.2, 0) is 0 Å². The highest BCUT2D eigenvalue weighted by Crippen LogP contribution is 2.35. The van der Waals surface area contributed by atoms with Crippen molar-refractivity contribution in [3.05, 3.63) is 34.4 Å². The maximum absolute atomic E-state index is 10.6. The lowest BCUT2D eigenvalue weighted by Crippen LogP contribution is -1.75. The lowest BCUT2D eigenvalue weighted by atomic mass is 10.2. The quantitative estimate of drug-likeness (QED) is 0.672. The van der Waals surface area contributed by atoms with Gasteiger partial charge in [0.15, 0.2) is 6.29 Å². The Hall–Kier alpha value is -1.13. The molecule has 1 aromatic carbocycles. The van der Waals surface area contributed by atoms with Crippen molar-refractivity contribution in [2.75, 3.05) is 0 Å². The predicted octanol–water partition coefficient (Wildman–Crippen LogP) is 3.96. The molecule has 2 heterocycles. The number of halogens is 1. The van der Waals surface area contributed by atoms with Crippen molar-refractivity contribution in [1.82, 2.24) is 4.98 Å². The van der Waals surface area contributed by atoms with Crippen molar-refractivity contribution in [3.8, 4) is 0 Å². The lowest BCUT2D eigenvalue weighted by Gasteiger charge is -1.90. The molecule has 2 aromatic heterocycles. The highest BCUT2D eigenvalue weighted by Gasteiger charge is 2.08. The van der Waals surface area contributed by atoms with Crippen LogP contribution in [0.4, 0.5) is 0 Å². The number of hydrogen-bond acceptors (Lipinski definition) is 2. The van der Waals surface area contributed by atoms with E-state index >= 15 is 0 Å². The minimum Gasteiger partial charge on any atom is -0.351 e. The summed E-state index contributed by atoms with van der Waals surface area (Å²) in [6, 6.07) is 8.05. The molecule has 0 aliphatic carbocycles. The molecule has 0 spiro atoms. The molecule has 0 bridgehead atoms. The van der Waals surface area contributed by atoms with Crippen molar-refractivity contribution >= 4 is 53.9 Å². The second-order valence-electron chi connectivity index (χ2n) is 3.32. The number of aromatic amines is 1. The molecular weight excluding hydrogens is 274 g/mol. The molecule has 4 heteroatoms. The van der Waals surface area contributed by atoms with Gasteiger partial charge in [0.1, 0.15) is 0 Å². The van der Waals surface area contributed by atoms with E-state index in [0.29, 0.717) is 5.69 Å². The zero-order chi connectivity index (χ0) is 10.4. The van der Waals surface area contributed by atoms with Crippen LogP contribution in [0.25, 0.3) is 20.3 Å². The molecule has 3 rings (SSSR count). The minimum absolute atomic E-state index is 0.640. The van der Waals surface area contributed by atoms with Crippen LogP contribution >= 0.6 is 27.3 Å². The van der Waals surface area contributed by atoms with Crippen LogP contribution in [0.5, 0.6) is 0 Å². The fraction of sp³-hybridized carbons (Fsp3) is 0. The highest BCUT2D eigenvalue weighted by atomic mass is 79.9. The van der Waals surface area contributed by atoms with Crippen LogP contribution in [0.3, 0.4) is 0 Å². The zero-order valence-electron chi connectivity index (χ0n) is 7.58. The molecule has 2 nitrogen and oxygen atoms in total. The number of fused-ring (bicyclic) bond motifs is 3. The first-order valence-corrected chi connectivity index (χ1v) is 6.05. The number of carbonyl (C=O) groups excluding carboxylic acids is 1. The van der Waals surface area contributed by atoms with Gasteiger partial charge in [0, 0.05) is 14.6 Å². The van der Waals surface area contributed by atoms with Crippen LogP contribution in [0.15, 0.2) is 28.7 Å². The number of nitrogens with one attached hydrogen (secondary N) is 1. The van der Waals surface area contributed by atoms with E-state index in [1.165, 1.54) is 10.1 Å². The molecular formula is C11H6BrNOS. The smallest absolute Gasteiger partial charge is 0.166 e. The minimum atomic E-state index is 0.640. The maximum atomic E-state index is 10.6. The lowest BCUT2D eigenvalue weighted by molar-refractivity contribution is 0.112. The third kappa shape index (κ3) is 1.33. The summed E-state index contributed by atoms with van der Waals surface area (Å²) < 4.78 is 3.43. The van der Waals surface area contributed by atoms with Gasteiger partial charge >= 0.3 is 0 Å². The topological polar surface area (TPSA) is 32.9 Å². The average Bonchev–Trinajstić information content (AvgIpc) is 2.73. The number of hydrogen-bond donors (Lipinski definition) is 1. The fourth-order valence-electron chi connectivity index (χ4n) is 1.71. The van der Waals surface area contributed by atoms with Crippen molar-refractivity contribution < 1.29 is 4.79 Å². The Labute approximate surface area is 98.0 Å². The largest absolute Gasteiger partial charge is 0.351 e. The van der Waals surface area contributed by atoms with Gasteiger partial charge in [-0.05, 0) is 18.2 Å². The summed E-state index contributed by atoms with van der Waals surface area (Å²) in [7, 11) is 0. The van der Waals surface area contributed by atoms with Crippen molar-refractivity contribution in [3.63, 3.8) is 0 Å². The first kappa shape index (κ1) is 9.12. The van der Waals surface area contributed by atoms with Crippen LogP contribution in [0, 0.1) is 0 Å². The van der Waals surface area contributed by atoms with Crippen LogP contribution in [0.2, 0.25) is 0 Å².